The lowest BCUT2D eigenvalue weighted by atomic mass is 10.0. The van der Waals surface area contributed by atoms with Crippen LogP contribution < -0.4 is 5.32 Å². The first kappa shape index (κ1) is 18.4. The topological polar surface area (TPSA) is 92.8 Å². The molecule has 24 heavy (non-hydrogen) atoms. The Bertz CT molecular complexity index is 717. The number of carbonyl (C=O) groups excluding carboxylic acids is 2. The van der Waals surface area contributed by atoms with Gasteiger partial charge in [-0.05, 0) is 38.0 Å². The lowest BCUT2D eigenvalue weighted by Crippen LogP contribution is -2.51. The van der Waals surface area contributed by atoms with Crippen LogP contribution in [0, 0.1) is 0 Å². The Hall–Kier alpha value is -1.93. The summed E-state index contributed by atoms with van der Waals surface area (Å²) >= 11 is 0. The summed E-state index contributed by atoms with van der Waals surface area (Å²) in [7, 11) is -2.38. The third-order valence-electron chi connectivity index (χ3n) is 3.95. The fraction of sp³-hybridized carbons (Fsp3) is 0.500. The minimum Gasteiger partial charge on any atom is -0.462 e. The second kappa shape index (κ2) is 7.76. The number of esters is 1. The molecular formula is C16H22N2O5S. The van der Waals surface area contributed by atoms with Gasteiger partial charge in [0.15, 0.2) is 0 Å². The van der Waals surface area contributed by atoms with E-state index in [1.54, 1.807) is 6.92 Å². The Labute approximate surface area is 142 Å². The molecule has 7 nitrogen and oxygen atoms in total. The van der Waals surface area contributed by atoms with Crippen LogP contribution in [0.5, 0.6) is 0 Å². The highest BCUT2D eigenvalue weighted by Gasteiger charge is 2.37. The highest BCUT2D eigenvalue weighted by atomic mass is 32.2. The van der Waals surface area contributed by atoms with Gasteiger partial charge in [-0.15, -0.1) is 0 Å². The average Bonchev–Trinajstić information content (AvgIpc) is 2.61. The first-order valence-corrected chi connectivity index (χ1v) is 9.36. The molecule has 0 saturated carbocycles. The van der Waals surface area contributed by atoms with Crippen LogP contribution >= 0.6 is 0 Å². The zero-order chi connectivity index (χ0) is 17.7. The molecule has 0 radical (unpaired) electrons. The molecule has 1 aliphatic rings. The molecular weight excluding hydrogens is 332 g/mol. The summed E-state index contributed by atoms with van der Waals surface area (Å²) in [4.78, 5) is 23.8. The Balaban J connectivity index is 2.36. The van der Waals surface area contributed by atoms with Gasteiger partial charge in [0.2, 0.25) is 15.9 Å². The summed E-state index contributed by atoms with van der Waals surface area (Å²) in [5, 5.41) is 2.52. The molecule has 1 unspecified atom stereocenters. The SMILES string of the molecule is CCOC(=O)c1cccc(S(=O)(=O)N2CCCCC2C(=O)NC)c1. The number of hydrogen-bond donors (Lipinski definition) is 1. The van der Waals surface area contributed by atoms with Crippen molar-refractivity contribution in [3.8, 4) is 0 Å². The standard InChI is InChI=1S/C16H22N2O5S/c1-3-23-16(20)12-7-6-8-13(11-12)24(21,22)18-10-5-4-9-14(18)15(19)17-2/h6-8,11,14H,3-5,9-10H2,1-2H3,(H,17,19). The van der Waals surface area contributed by atoms with Gasteiger partial charge in [0, 0.05) is 13.6 Å². The largest absolute Gasteiger partial charge is 0.462 e. The summed E-state index contributed by atoms with van der Waals surface area (Å²) in [6.45, 7) is 2.17. The van der Waals surface area contributed by atoms with Crippen LogP contribution in [0.25, 0.3) is 0 Å². The molecule has 1 aliphatic heterocycles. The van der Waals surface area contributed by atoms with Gasteiger partial charge in [-0.3, -0.25) is 4.79 Å². The van der Waals surface area contributed by atoms with Crippen LogP contribution in [0.15, 0.2) is 29.2 Å². The van der Waals surface area contributed by atoms with Crippen LogP contribution in [0.3, 0.4) is 0 Å². The Morgan fingerprint density at radius 2 is 2.08 bits per heavy atom. The van der Waals surface area contributed by atoms with Crippen molar-refractivity contribution in [3.05, 3.63) is 29.8 Å². The number of benzene rings is 1. The molecule has 1 amide bonds. The summed E-state index contributed by atoms with van der Waals surface area (Å²) in [6.07, 6.45) is 1.98. The lowest BCUT2D eigenvalue weighted by molar-refractivity contribution is -0.125. The minimum absolute atomic E-state index is 0.0103. The molecule has 0 bridgehead atoms. The van der Waals surface area contributed by atoms with E-state index in [9.17, 15) is 18.0 Å². The maximum Gasteiger partial charge on any atom is 0.338 e. The zero-order valence-corrected chi connectivity index (χ0v) is 14.6. The van der Waals surface area contributed by atoms with E-state index in [1.807, 2.05) is 0 Å². The van der Waals surface area contributed by atoms with Gasteiger partial charge in [-0.25, -0.2) is 13.2 Å². The number of sulfonamides is 1. The average molecular weight is 354 g/mol. The van der Waals surface area contributed by atoms with Crippen molar-refractivity contribution in [2.75, 3.05) is 20.2 Å². The highest BCUT2D eigenvalue weighted by molar-refractivity contribution is 7.89. The van der Waals surface area contributed by atoms with Crippen molar-refractivity contribution in [3.63, 3.8) is 0 Å². The van der Waals surface area contributed by atoms with Crippen molar-refractivity contribution in [1.82, 2.24) is 9.62 Å². The zero-order valence-electron chi connectivity index (χ0n) is 13.8. The molecule has 1 aromatic rings. The molecule has 0 aliphatic carbocycles. The van der Waals surface area contributed by atoms with Crippen molar-refractivity contribution in [1.29, 1.82) is 0 Å². The quantitative estimate of drug-likeness (QED) is 0.801. The van der Waals surface area contributed by atoms with Gasteiger partial charge in [0.25, 0.3) is 0 Å². The van der Waals surface area contributed by atoms with Crippen LogP contribution in [0.1, 0.15) is 36.5 Å². The van der Waals surface area contributed by atoms with E-state index >= 15 is 0 Å². The van der Waals surface area contributed by atoms with Crippen molar-refractivity contribution < 1.29 is 22.7 Å². The maximum atomic E-state index is 12.9. The number of carbonyl (C=O) groups is 2. The van der Waals surface area contributed by atoms with Crippen molar-refractivity contribution in [2.45, 2.75) is 37.1 Å². The van der Waals surface area contributed by atoms with E-state index < -0.39 is 22.0 Å². The molecule has 1 heterocycles. The van der Waals surface area contributed by atoms with Gasteiger partial charge >= 0.3 is 5.97 Å². The smallest absolute Gasteiger partial charge is 0.338 e. The molecule has 0 spiro atoms. The number of piperidine rings is 1. The predicted molar refractivity (Wildman–Crippen MR) is 88.0 cm³/mol. The molecule has 2 rings (SSSR count). The summed E-state index contributed by atoms with van der Waals surface area (Å²) in [6, 6.07) is 5.00. The van der Waals surface area contributed by atoms with Gasteiger partial charge < -0.3 is 10.1 Å². The van der Waals surface area contributed by atoms with Crippen LogP contribution in [0.4, 0.5) is 0 Å². The monoisotopic (exact) mass is 354 g/mol. The van der Waals surface area contributed by atoms with Gasteiger partial charge in [0.1, 0.15) is 6.04 Å². The number of amides is 1. The van der Waals surface area contributed by atoms with Gasteiger partial charge in [0.05, 0.1) is 17.1 Å². The lowest BCUT2D eigenvalue weighted by Gasteiger charge is -2.33. The summed E-state index contributed by atoms with van der Waals surface area (Å²) in [5.74, 6) is -0.893. The molecule has 1 N–H and O–H groups in total. The van der Waals surface area contributed by atoms with E-state index in [4.69, 9.17) is 4.74 Å². The van der Waals surface area contributed by atoms with E-state index in [0.29, 0.717) is 12.8 Å². The van der Waals surface area contributed by atoms with E-state index in [0.717, 1.165) is 6.42 Å². The fourth-order valence-corrected chi connectivity index (χ4v) is 4.46. The minimum atomic E-state index is -3.87. The predicted octanol–water partition coefficient (Wildman–Crippen LogP) is 1.15. The van der Waals surface area contributed by atoms with Gasteiger partial charge in [-0.1, -0.05) is 12.5 Å². The molecule has 132 valence electrons. The number of likely N-dealkylation sites (N-methyl/N-ethyl adjacent to an activating group) is 1. The number of rotatable bonds is 5. The normalized spacial score (nSPS) is 18.8. The fourth-order valence-electron chi connectivity index (χ4n) is 2.75. The Kier molecular flexibility index (Phi) is 5.95. The molecule has 1 atom stereocenters. The summed E-state index contributed by atoms with van der Waals surface area (Å²) in [5.41, 5.74) is 0.173. The summed E-state index contributed by atoms with van der Waals surface area (Å²) < 4.78 is 32.0. The van der Waals surface area contributed by atoms with Crippen molar-refractivity contribution in [2.24, 2.45) is 0 Å². The third kappa shape index (κ3) is 3.76. The van der Waals surface area contributed by atoms with Crippen LogP contribution in [-0.4, -0.2) is 50.8 Å². The van der Waals surface area contributed by atoms with Crippen LogP contribution in [0.2, 0.25) is 0 Å². The number of ether oxygens (including phenoxy) is 1. The van der Waals surface area contributed by atoms with Crippen molar-refractivity contribution >= 4 is 21.9 Å². The Morgan fingerprint density at radius 3 is 2.75 bits per heavy atom. The maximum absolute atomic E-state index is 12.9. The number of nitrogens with one attached hydrogen (secondary N) is 1. The second-order valence-corrected chi connectivity index (χ2v) is 7.38. The van der Waals surface area contributed by atoms with E-state index in [-0.39, 0.29) is 29.5 Å². The molecule has 1 fully saturated rings. The van der Waals surface area contributed by atoms with Gasteiger partial charge in [-0.2, -0.15) is 4.31 Å². The first-order valence-electron chi connectivity index (χ1n) is 7.92. The highest BCUT2D eigenvalue weighted by Crippen LogP contribution is 2.26. The third-order valence-corrected chi connectivity index (χ3v) is 5.86. The second-order valence-electron chi connectivity index (χ2n) is 5.49. The first-order chi connectivity index (χ1) is 11.4. The molecule has 1 saturated heterocycles. The van der Waals surface area contributed by atoms with E-state index in [1.165, 1.54) is 35.6 Å². The number of nitrogens with zero attached hydrogens (tertiary/aromatic N) is 1. The van der Waals surface area contributed by atoms with E-state index in [2.05, 4.69) is 5.32 Å². The number of hydrogen-bond acceptors (Lipinski definition) is 5. The Morgan fingerprint density at radius 1 is 1.33 bits per heavy atom. The van der Waals surface area contributed by atoms with Crippen LogP contribution in [-0.2, 0) is 19.6 Å². The molecule has 8 heteroatoms. The molecule has 0 aromatic heterocycles. The molecule has 1 aromatic carbocycles.